The van der Waals surface area contributed by atoms with Crippen LogP contribution in [0.15, 0.2) is 0 Å². The summed E-state index contributed by atoms with van der Waals surface area (Å²) < 4.78 is 0. The molecule has 0 bridgehead atoms. The Hall–Kier alpha value is 0.511. The molecule has 5 heteroatoms. The summed E-state index contributed by atoms with van der Waals surface area (Å²) >= 11 is 0. The molecule has 1 saturated carbocycles. The Morgan fingerprint density at radius 1 is 1.07 bits per heavy atom. The number of hydrogen-bond acceptors (Lipinski definition) is 4. The first kappa shape index (κ1) is 15.5. The molecule has 1 aliphatic rings. The number of carboxylic acids is 2. The summed E-state index contributed by atoms with van der Waals surface area (Å²) in [5.74, 6) is -3.39. The van der Waals surface area contributed by atoms with Crippen molar-refractivity contribution in [2.45, 2.75) is 39.0 Å². The molecule has 0 aliphatic heterocycles. The van der Waals surface area contributed by atoms with Gasteiger partial charge in [-0.25, -0.2) is 0 Å². The van der Waals surface area contributed by atoms with Crippen LogP contribution in [0.1, 0.15) is 39.0 Å². The maximum absolute atomic E-state index is 10.8. The van der Waals surface area contributed by atoms with E-state index in [0.29, 0.717) is 12.8 Å². The summed E-state index contributed by atoms with van der Waals surface area (Å²) in [5, 5.41) is 21.7. The Morgan fingerprint density at radius 2 is 1.47 bits per heavy atom. The van der Waals surface area contributed by atoms with Crippen LogP contribution in [-0.4, -0.2) is 60.8 Å². The van der Waals surface area contributed by atoms with Crippen molar-refractivity contribution < 1.29 is 19.8 Å². The molecule has 0 aromatic rings. The maximum atomic E-state index is 10.8. The number of carbonyl (C=O) groups excluding carboxylic acids is 2. The van der Waals surface area contributed by atoms with Gasteiger partial charge in [-0.2, -0.15) is 0 Å². The van der Waals surface area contributed by atoms with E-state index in [1.807, 2.05) is 0 Å². The van der Waals surface area contributed by atoms with E-state index >= 15 is 0 Å². The van der Waals surface area contributed by atoms with Crippen molar-refractivity contribution in [3.8, 4) is 0 Å². The second-order valence-electron chi connectivity index (χ2n) is 4.11. The minimum atomic E-state index is -1.82. The molecule has 1 fully saturated rings. The summed E-state index contributed by atoms with van der Waals surface area (Å²) in [6.45, 7) is 1.20. The molecule has 0 heterocycles. The second-order valence-corrected chi connectivity index (χ2v) is 4.11. The topological polar surface area (TPSA) is 80.3 Å². The number of hydrogen-bond donors (Lipinski definition) is 0. The third-order valence-electron chi connectivity index (χ3n) is 3.27. The zero-order valence-electron chi connectivity index (χ0n) is 8.95. The number of aliphatic carboxylic acids is 2. The molecule has 1 rings (SSSR count). The molecule has 0 radical (unpaired) electrons. The zero-order valence-corrected chi connectivity index (χ0v) is 13.4. The van der Waals surface area contributed by atoms with Crippen molar-refractivity contribution in [3.63, 3.8) is 0 Å². The van der Waals surface area contributed by atoms with E-state index in [4.69, 9.17) is 0 Å². The molecule has 0 aromatic heterocycles. The molecule has 0 atom stereocenters. The van der Waals surface area contributed by atoms with Crippen molar-refractivity contribution in [1.82, 2.24) is 0 Å². The zero-order chi connectivity index (χ0) is 10.8. The monoisotopic (exact) mass is 336 g/mol. The van der Waals surface area contributed by atoms with Crippen LogP contribution in [-0.2, 0) is 9.59 Å². The van der Waals surface area contributed by atoms with Crippen molar-refractivity contribution in [2.75, 3.05) is 0 Å². The minimum Gasteiger partial charge on any atom is -0.549 e. The van der Waals surface area contributed by atoms with Gasteiger partial charge < -0.3 is 19.8 Å². The van der Waals surface area contributed by atoms with E-state index in [0.717, 1.165) is 19.3 Å². The normalized spacial score (nSPS) is 17.9. The van der Waals surface area contributed by atoms with Crippen LogP contribution in [0.2, 0.25) is 0 Å². The van der Waals surface area contributed by atoms with Crippen molar-refractivity contribution in [1.29, 1.82) is 0 Å². The summed E-state index contributed by atoms with van der Waals surface area (Å²) in [6, 6.07) is 0. The van der Waals surface area contributed by atoms with Gasteiger partial charge in [0.25, 0.3) is 0 Å². The quantitative estimate of drug-likeness (QED) is 0.474. The first-order valence-corrected chi connectivity index (χ1v) is 4.92. The molecule has 4 nitrogen and oxygen atoms in total. The second kappa shape index (κ2) is 6.30. The van der Waals surface area contributed by atoms with Crippen molar-refractivity contribution in [3.05, 3.63) is 0 Å². The van der Waals surface area contributed by atoms with Crippen LogP contribution >= 0.6 is 0 Å². The molecule has 80 valence electrons. The van der Waals surface area contributed by atoms with Gasteiger partial charge >= 0.3 is 48.9 Å². The first-order valence-electron chi connectivity index (χ1n) is 4.92. The van der Waals surface area contributed by atoms with Crippen LogP contribution in [0.5, 0.6) is 0 Å². The SMILES string of the molecule is CC(C(=O)[O-])(C(=O)[O-])C1CCCCC1.[Ba+2]. The van der Waals surface area contributed by atoms with Crippen molar-refractivity contribution >= 4 is 60.8 Å². The summed E-state index contributed by atoms with van der Waals surface area (Å²) in [7, 11) is 0. The van der Waals surface area contributed by atoms with Gasteiger partial charge in [0.15, 0.2) is 0 Å². The smallest absolute Gasteiger partial charge is 0.549 e. The third kappa shape index (κ3) is 3.23. The number of rotatable bonds is 3. The van der Waals surface area contributed by atoms with Gasteiger partial charge in [0.2, 0.25) is 0 Å². The van der Waals surface area contributed by atoms with E-state index in [9.17, 15) is 19.8 Å². The van der Waals surface area contributed by atoms with Crippen LogP contribution in [0.4, 0.5) is 0 Å². The minimum absolute atomic E-state index is 0. The Balaban J connectivity index is 0.00000196. The van der Waals surface area contributed by atoms with Gasteiger partial charge in [0.1, 0.15) is 0 Å². The Bertz CT molecular complexity index is 232. The average molecular weight is 336 g/mol. The van der Waals surface area contributed by atoms with Gasteiger partial charge in [-0.1, -0.05) is 19.3 Å². The van der Waals surface area contributed by atoms with E-state index in [2.05, 4.69) is 0 Å². The van der Waals surface area contributed by atoms with Gasteiger partial charge in [-0.05, 0) is 25.7 Å². The maximum Gasteiger partial charge on any atom is 2.00 e. The first-order chi connectivity index (χ1) is 6.49. The van der Waals surface area contributed by atoms with Crippen LogP contribution in [0, 0.1) is 11.3 Å². The van der Waals surface area contributed by atoms with E-state index < -0.39 is 17.4 Å². The van der Waals surface area contributed by atoms with Gasteiger partial charge in [-0.15, -0.1) is 0 Å². The Kier molecular flexibility index (Phi) is 6.51. The molecule has 1 aliphatic carbocycles. The van der Waals surface area contributed by atoms with E-state index in [-0.39, 0.29) is 54.8 Å². The van der Waals surface area contributed by atoms with Crippen LogP contribution in [0.25, 0.3) is 0 Å². The molecule has 0 aromatic carbocycles. The predicted octanol–water partition coefficient (Wildman–Crippen LogP) is -1.31. The van der Waals surface area contributed by atoms with Gasteiger partial charge in [0, 0.05) is 5.41 Å². The predicted molar refractivity (Wildman–Crippen MR) is 50.5 cm³/mol. The van der Waals surface area contributed by atoms with E-state index in [1.54, 1.807) is 0 Å². The fourth-order valence-corrected chi connectivity index (χ4v) is 2.10. The number of carboxylic acid groups (broad SMARTS) is 2. The Morgan fingerprint density at radius 3 is 1.80 bits per heavy atom. The number of carbonyl (C=O) groups is 2. The molecule has 15 heavy (non-hydrogen) atoms. The summed E-state index contributed by atoms with van der Waals surface area (Å²) in [4.78, 5) is 21.7. The van der Waals surface area contributed by atoms with Crippen LogP contribution < -0.4 is 10.2 Å². The Labute approximate surface area is 130 Å². The summed E-state index contributed by atoms with van der Waals surface area (Å²) in [6.07, 6.45) is 4.10. The van der Waals surface area contributed by atoms with Crippen LogP contribution in [0.3, 0.4) is 0 Å². The summed E-state index contributed by atoms with van der Waals surface area (Å²) in [5.41, 5.74) is -1.82. The van der Waals surface area contributed by atoms with Gasteiger partial charge in [-0.3, -0.25) is 0 Å². The van der Waals surface area contributed by atoms with E-state index in [1.165, 1.54) is 6.92 Å². The molecular weight excluding hydrogens is 321 g/mol. The molecular formula is C10H14BaO4. The molecule has 0 unspecified atom stereocenters. The van der Waals surface area contributed by atoms with Crippen molar-refractivity contribution in [2.24, 2.45) is 11.3 Å². The molecule has 0 amide bonds. The molecule has 0 N–H and O–H groups in total. The fourth-order valence-electron chi connectivity index (χ4n) is 2.10. The standard InChI is InChI=1S/C10H16O4.Ba/c1-10(8(11)12,9(13)14)7-5-3-2-4-6-7;/h7H,2-6H2,1H3,(H,11,12)(H,13,14);/q;+2/p-2. The fraction of sp³-hybridized carbons (Fsp3) is 0.800. The average Bonchev–Trinajstić information content (AvgIpc) is 2.17. The third-order valence-corrected chi connectivity index (χ3v) is 3.27. The van der Waals surface area contributed by atoms with Gasteiger partial charge in [0.05, 0.1) is 11.9 Å². The molecule has 0 spiro atoms. The molecule has 0 saturated heterocycles. The largest absolute Gasteiger partial charge is 2.00 e.